The second-order valence-electron chi connectivity index (χ2n) is 6.55. The molecular formula is C21H19N3O7S2. The van der Waals surface area contributed by atoms with Crippen molar-refractivity contribution in [3.8, 4) is 17.2 Å². The Hall–Kier alpha value is -3.64. The van der Waals surface area contributed by atoms with E-state index >= 15 is 0 Å². The molecule has 1 fully saturated rings. The van der Waals surface area contributed by atoms with Gasteiger partial charge in [0.15, 0.2) is 11.5 Å². The Morgan fingerprint density at radius 2 is 1.82 bits per heavy atom. The van der Waals surface area contributed by atoms with Crippen LogP contribution in [0.2, 0.25) is 0 Å². The Bertz CT molecular complexity index is 1140. The Kier molecular flexibility index (Phi) is 7.51. The lowest BCUT2D eigenvalue weighted by atomic mass is 10.1. The summed E-state index contributed by atoms with van der Waals surface area (Å²) >= 11 is 6.31. The number of anilines is 1. The van der Waals surface area contributed by atoms with Crippen molar-refractivity contribution in [1.29, 1.82) is 0 Å². The molecule has 2 aromatic carbocycles. The van der Waals surface area contributed by atoms with Gasteiger partial charge in [-0.05, 0) is 29.8 Å². The van der Waals surface area contributed by atoms with Crippen LogP contribution >= 0.6 is 24.0 Å². The van der Waals surface area contributed by atoms with Crippen LogP contribution in [-0.2, 0) is 9.59 Å². The van der Waals surface area contributed by atoms with E-state index in [1.165, 1.54) is 39.5 Å². The highest BCUT2D eigenvalue weighted by atomic mass is 32.2. The molecule has 172 valence electrons. The monoisotopic (exact) mass is 489 g/mol. The van der Waals surface area contributed by atoms with Crippen molar-refractivity contribution >= 4 is 57.6 Å². The summed E-state index contributed by atoms with van der Waals surface area (Å²) < 4.78 is 16.1. The lowest BCUT2D eigenvalue weighted by Crippen LogP contribution is -2.36. The number of para-hydroxylation sites is 2. The maximum atomic E-state index is 12.9. The van der Waals surface area contributed by atoms with Crippen LogP contribution in [0.25, 0.3) is 6.08 Å². The third-order valence-electron chi connectivity index (χ3n) is 4.53. The highest BCUT2D eigenvalue weighted by molar-refractivity contribution is 8.26. The van der Waals surface area contributed by atoms with Crippen LogP contribution in [-0.4, -0.2) is 53.8 Å². The van der Waals surface area contributed by atoms with Crippen molar-refractivity contribution < 1.29 is 28.7 Å². The van der Waals surface area contributed by atoms with Gasteiger partial charge in [0.05, 0.1) is 31.2 Å². The molecule has 1 N–H and O–H groups in total. The molecule has 0 unspecified atom stereocenters. The summed E-state index contributed by atoms with van der Waals surface area (Å²) in [5.74, 6) is 0.173. The average molecular weight is 490 g/mol. The van der Waals surface area contributed by atoms with Gasteiger partial charge in [-0.15, -0.1) is 0 Å². The summed E-state index contributed by atoms with van der Waals surface area (Å²) in [5, 5.41) is 13.6. The number of ether oxygens (including phenoxy) is 3. The quantitative estimate of drug-likeness (QED) is 0.257. The first-order valence-corrected chi connectivity index (χ1v) is 10.6. The molecule has 0 aliphatic carbocycles. The van der Waals surface area contributed by atoms with Gasteiger partial charge in [0, 0.05) is 6.07 Å². The molecule has 0 bridgehead atoms. The fourth-order valence-electron chi connectivity index (χ4n) is 3.04. The number of methoxy groups -OCH3 is 3. The Labute approximate surface area is 198 Å². The second-order valence-corrected chi connectivity index (χ2v) is 8.22. The third-order valence-corrected chi connectivity index (χ3v) is 5.91. The van der Waals surface area contributed by atoms with Crippen LogP contribution in [0.5, 0.6) is 17.2 Å². The highest BCUT2D eigenvalue weighted by Gasteiger charge is 2.34. The minimum atomic E-state index is -0.616. The standard InChI is InChI=1S/C21H19N3O7S2/c1-29-15-8-12(9-16(30-2)19(15)31-3)10-17-20(26)23(21(32)33-17)11-18(25)22-13-6-4-5-7-14(13)24(27)28/h4-10H,11H2,1-3H3,(H,22,25)/b17-10-. The lowest BCUT2D eigenvalue weighted by Gasteiger charge is -2.14. The molecule has 3 rings (SSSR count). The summed E-state index contributed by atoms with van der Waals surface area (Å²) in [4.78, 5) is 37.3. The molecule has 12 heteroatoms. The number of carbonyl (C=O) groups excluding carboxylic acids is 2. The van der Waals surface area contributed by atoms with Crippen molar-refractivity contribution in [3.05, 3.63) is 57.0 Å². The van der Waals surface area contributed by atoms with E-state index in [4.69, 9.17) is 26.4 Å². The number of nitro groups is 1. The first kappa shape index (κ1) is 24.0. The number of rotatable bonds is 8. The van der Waals surface area contributed by atoms with Gasteiger partial charge in [0.1, 0.15) is 16.6 Å². The third kappa shape index (κ3) is 5.23. The maximum Gasteiger partial charge on any atom is 0.292 e. The molecule has 2 aromatic rings. The molecule has 1 aliphatic heterocycles. The van der Waals surface area contributed by atoms with Gasteiger partial charge in [-0.1, -0.05) is 36.1 Å². The van der Waals surface area contributed by atoms with E-state index in [2.05, 4.69) is 5.32 Å². The number of nitrogens with zero attached hydrogens (tertiary/aromatic N) is 2. The van der Waals surface area contributed by atoms with Crippen molar-refractivity contribution in [1.82, 2.24) is 4.90 Å². The highest BCUT2D eigenvalue weighted by Crippen LogP contribution is 2.40. The predicted octanol–water partition coefficient (Wildman–Crippen LogP) is 3.46. The molecule has 0 spiro atoms. The van der Waals surface area contributed by atoms with Gasteiger partial charge in [-0.25, -0.2) is 0 Å². The molecule has 10 nitrogen and oxygen atoms in total. The first-order valence-electron chi connectivity index (χ1n) is 9.37. The SMILES string of the molecule is COc1cc(/C=C2\SC(=S)N(CC(=O)Nc3ccccc3[N+](=O)[O-])C2=O)cc(OC)c1OC. The lowest BCUT2D eigenvalue weighted by molar-refractivity contribution is -0.383. The van der Waals surface area contributed by atoms with E-state index < -0.39 is 16.7 Å². The number of benzene rings is 2. The molecule has 2 amide bonds. The molecular weight excluding hydrogens is 470 g/mol. The minimum absolute atomic E-state index is 0.0332. The van der Waals surface area contributed by atoms with Crippen molar-refractivity contribution in [2.45, 2.75) is 0 Å². The largest absolute Gasteiger partial charge is 0.493 e. The van der Waals surface area contributed by atoms with Crippen molar-refractivity contribution in [2.75, 3.05) is 33.2 Å². The Morgan fingerprint density at radius 3 is 2.39 bits per heavy atom. The van der Waals surface area contributed by atoms with Crippen LogP contribution in [0.15, 0.2) is 41.3 Å². The van der Waals surface area contributed by atoms with E-state index in [9.17, 15) is 19.7 Å². The normalized spacial score (nSPS) is 14.4. The number of nitrogens with one attached hydrogen (secondary N) is 1. The number of amides is 2. The van der Waals surface area contributed by atoms with Crippen LogP contribution in [0, 0.1) is 10.1 Å². The zero-order chi connectivity index (χ0) is 24.1. The molecule has 1 heterocycles. The van der Waals surface area contributed by atoms with Crippen molar-refractivity contribution in [2.24, 2.45) is 0 Å². The smallest absolute Gasteiger partial charge is 0.292 e. The molecule has 0 atom stereocenters. The van der Waals surface area contributed by atoms with E-state index in [1.807, 2.05) is 0 Å². The van der Waals surface area contributed by atoms with Gasteiger partial charge in [-0.2, -0.15) is 0 Å². The fraction of sp³-hybridized carbons (Fsp3) is 0.190. The number of nitro benzene ring substituents is 1. The second kappa shape index (κ2) is 10.3. The summed E-state index contributed by atoms with van der Waals surface area (Å²) in [6, 6.07) is 9.08. The van der Waals surface area contributed by atoms with Crippen LogP contribution in [0.4, 0.5) is 11.4 Å². The van der Waals surface area contributed by atoms with Gasteiger partial charge in [-0.3, -0.25) is 24.6 Å². The average Bonchev–Trinajstić information content (AvgIpc) is 3.05. The first-order chi connectivity index (χ1) is 15.8. The Morgan fingerprint density at radius 1 is 1.18 bits per heavy atom. The van der Waals surface area contributed by atoms with Crippen LogP contribution < -0.4 is 19.5 Å². The van der Waals surface area contributed by atoms with Gasteiger partial charge in [0.2, 0.25) is 11.7 Å². The molecule has 0 saturated carbocycles. The Balaban J connectivity index is 1.79. The van der Waals surface area contributed by atoms with Crippen LogP contribution in [0.3, 0.4) is 0 Å². The molecule has 1 aliphatic rings. The number of carbonyl (C=O) groups is 2. The number of hydrogen-bond donors (Lipinski definition) is 1. The number of thioether (sulfide) groups is 1. The minimum Gasteiger partial charge on any atom is -0.493 e. The summed E-state index contributed by atoms with van der Waals surface area (Å²) in [7, 11) is 4.45. The van der Waals surface area contributed by atoms with Gasteiger partial charge >= 0.3 is 0 Å². The molecule has 1 saturated heterocycles. The number of thiocarbonyl (C=S) groups is 1. The fourth-order valence-corrected chi connectivity index (χ4v) is 4.30. The van der Waals surface area contributed by atoms with E-state index in [-0.39, 0.29) is 22.2 Å². The summed E-state index contributed by atoms with van der Waals surface area (Å²) in [6.45, 7) is -0.386. The topological polar surface area (TPSA) is 120 Å². The van der Waals surface area contributed by atoms with Gasteiger partial charge < -0.3 is 19.5 Å². The van der Waals surface area contributed by atoms with E-state index in [0.717, 1.165) is 16.7 Å². The van der Waals surface area contributed by atoms with Crippen LogP contribution in [0.1, 0.15) is 5.56 Å². The van der Waals surface area contributed by atoms with E-state index in [0.29, 0.717) is 27.7 Å². The zero-order valence-electron chi connectivity index (χ0n) is 17.8. The molecule has 0 radical (unpaired) electrons. The number of hydrogen-bond acceptors (Lipinski definition) is 9. The maximum absolute atomic E-state index is 12.9. The predicted molar refractivity (Wildman–Crippen MR) is 128 cm³/mol. The zero-order valence-corrected chi connectivity index (χ0v) is 19.5. The summed E-state index contributed by atoms with van der Waals surface area (Å²) in [5.41, 5.74) is 0.388. The van der Waals surface area contributed by atoms with Crippen molar-refractivity contribution in [3.63, 3.8) is 0 Å². The molecule has 33 heavy (non-hydrogen) atoms. The summed E-state index contributed by atoms with van der Waals surface area (Å²) in [6.07, 6.45) is 1.60. The van der Waals surface area contributed by atoms with Gasteiger partial charge in [0.25, 0.3) is 11.6 Å². The van der Waals surface area contributed by atoms with E-state index in [1.54, 1.807) is 24.3 Å². The molecule has 0 aromatic heterocycles.